The van der Waals surface area contributed by atoms with Gasteiger partial charge in [0.25, 0.3) is 5.91 Å². The van der Waals surface area contributed by atoms with Crippen LogP contribution >= 0.6 is 0 Å². The van der Waals surface area contributed by atoms with Gasteiger partial charge in [-0.2, -0.15) is 5.26 Å². The third-order valence-electron chi connectivity index (χ3n) is 2.78. The maximum atomic E-state index is 12.0. The summed E-state index contributed by atoms with van der Waals surface area (Å²) in [6.07, 6.45) is 3.03. The van der Waals surface area contributed by atoms with E-state index in [-0.39, 0.29) is 5.91 Å². The van der Waals surface area contributed by atoms with Gasteiger partial charge in [0.2, 0.25) is 0 Å². The lowest BCUT2D eigenvalue weighted by atomic mass is 10.1. The lowest BCUT2D eigenvalue weighted by Crippen LogP contribution is -2.27. The molecule has 1 atom stereocenters. The van der Waals surface area contributed by atoms with Crippen molar-refractivity contribution in [2.75, 3.05) is 7.11 Å². The van der Waals surface area contributed by atoms with Crippen molar-refractivity contribution >= 4 is 5.91 Å². The molecule has 0 aliphatic heterocycles. The van der Waals surface area contributed by atoms with Crippen LogP contribution in [0.1, 0.15) is 22.0 Å². The molecule has 2 rings (SSSR count). The van der Waals surface area contributed by atoms with E-state index in [4.69, 9.17) is 4.74 Å². The smallest absolute Gasteiger partial charge is 0.254 e. The number of carbonyl (C=O) groups is 1. The molecule has 0 radical (unpaired) electrons. The molecule has 5 nitrogen and oxygen atoms in total. The van der Waals surface area contributed by atoms with Gasteiger partial charge in [-0.15, -0.1) is 0 Å². The van der Waals surface area contributed by atoms with Gasteiger partial charge in [0.05, 0.1) is 18.7 Å². The highest BCUT2D eigenvalue weighted by Crippen LogP contribution is 2.24. The summed E-state index contributed by atoms with van der Waals surface area (Å²) < 4.78 is 5.20. The first kappa shape index (κ1) is 13.6. The minimum atomic E-state index is -0.779. The summed E-state index contributed by atoms with van der Waals surface area (Å²) in [6, 6.07) is 11.7. The van der Waals surface area contributed by atoms with Crippen molar-refractivity contribution in [2.24, 2.45) is 0 Å². The molecule has 2 aromatic rings. The van der Waals surface area contributed by atoms with Crippen LogP contribution in [-0.4, -0.2) is 18.0 Å². The predicted molar refractivity (Wildman–Crippen MR) is 73.1 cm³/mol. The maximum Gasteiger partial charge on any atom is 0.254 e. The molecule has 0 spiro atoms. The minimum Gasteiger partial charge on any atom is -0.496 e. The van der Waals surface area contributed by atoms with E-state index in [0.717, 1.165) is 0 Å². The Balaban J connectivity index is 2.22. The third-order valence-corrected chi connectivity index (χ3v) is 2.78. The fourth-order valence-electron chi connectivity index (χ4n) is 1.80. The average molecular weight is 267 g/mol. The molecule has 1 N–H and O–H groups in total. The molecule has 100 valence electrons. The van der Waals surface area contributed by atoms with Crippen molar-refractivity contribution in [1.82, 2.24) is 10.3 Å². The Bertz CT molecular complexity index is 635. The molecule has 1 aromatic heterocycles. The summed E-state index contributed by atoms with van der Waals surface area (Å²) in [5.41, 5.74) is 1.03. The third kappa shape index (κ3) is 2.93. The average Bonchev–Trinajstić information content (AvgIpc) is 2.53. The number of hydrogen-bond acceptors (Lipinski definition) is 4. The van der Waals surface area contributed by atoms with Crippen molar-refractivity contribution in [3.05, 3.63) is 59.9 Å². The highest BCUT2D eigenvalue weighted by molar-refractivity contribution is 5.94. The Morgan fingerprint density at radius 1 is 1.35 bits per heavy atom. The first-order valence-corrected chi connectivity index (χ1v) is 5.99. The number of carbonyl (C=O) groups excluding carboxylic acids is 1. The Morgan fingerprint density at radius 3 is 2.80 bits per heavy atom. The molecular formula is C15H13N3O2. The number of benzene rings is 1. The summed E-state index contributed by atoms with van der Waals surface area (Å²) >= 11 is 0. The van der Waals surface area contributed by atoms with Crippen molar-refractivity contribution in [3.63, 3.8) is 0 Å². The molecule has 0 aliphatic rings. The molecule has 0 saturated heterocycles. The molecule has 1 heterocycles. The molecule has 20 heavy (non-hydrogen) atoms. The van der Waals surface area contributed by atoms with E-state index in [1.807, 2.05) is 0 Å². The van der Waals surface area contributed by atoms with Gasteiger partial charge >= 0.3 is 0 Å². The number of hydrogen-bond donors (Lipinski definition) is 1. The Morgan fingerprint density at radius 2 is 2.15 bits per heavy atom. The number of methoxy groups -OCH3 is 1. The molecule has 1 amide bonds. The van der Waals surface area contributed by atoms with E-state index in [1.165, 1.54) is 13.3 Å². The number of para-hydroxylation sites is 1. The summed E-state index contributed by atoms with van der Waals surface area (Å²) in [6.45, 7) is 0. The number of nitriles is 1. The molecule has 0 aliphatic carbocycles. The van der Waals surface area contributed by atoms with Gasteiger partial charge in [0, 0.05) is 18.0 Å². The molecular weight excluding hydrogens is 254 g/mol. The van der Waals surface area contributed by atoms with Crippen molar-refractivity contribution in [1.29, 1.82) is 5.26 Å². The molecule has 0 bridgehead atoms. The molecule has 0 fully saturated rings. The summed E-state index contributed by atoms with van der Waals surface area (Å²) in [5.74, 6) is 0.209. The zero-order valence-electron chi connectivity index (χ0n) is 10.9. The summed E-state index contributed by atoms with van der Waals surface area (Å²) in [7, 11) is 1.52. The summed E-state index contributed by atoms with van der Waals surface area (Å²) in [5, 5.41) is 11.9. The van der Waals surface area contributed by atoms with Crippen LogP contribution in [0.15, 0.2) is 48.8 Å². The molecule has 1 unspecified atom stereocenters. The van der Waals surface area contributed by atoms with E-state index in [0.29, 0.717) is 16.9 Å². The molecule has 0 saturated carbocycles. The van der Waals surface area contributed by atoms with E-state index >= 15 is 0 Å². The first-order valence-electron chi connectivity index (χ1n) is 5.99. The standard InChI is InChI=1S/C15H13N3O2/c1-20-14-7-3-2-6-12(14)13(9-16)18-15(19)11-5-4-8-17-10-11/h2-8,10,13H,1H3,(H,18,19). The van der Waals surface area contributed by atoms with E-state index in [1.54, 1.807) is 42.6 Å². The van der Waals surface area contributed by atoms with Crippen LogP contribution in [0, 0.1) is 11.3 Å². The number of nitrogens with zero attached hydrogens (tertiary/aromatic N) is 2. The van der Waals surface area contributed by atoms with E-state index in [2.05, 4.69) is 16.4 Å². The fourth-order valence-corrected chi connectivity index (χ4v) is 1.80. The highest BCUT2D eigenvalue weighted by atomic mass is 16.5. The summed E-state index contributed by atoms with van der Waals surface area (Å²) in [4.78, 5) is 15.9. The van der Waals surface area contributed by atoms with Gasteiger partial charge in [0.15, 0.2) is 0 Å². The second-order valence-corrected chi connectivity index (χ2v) is 4.02. The van der Waals surface area contributed by atoms with Gasteiger partial charge in [-0.3, -0.25) is 9.78 Å². The van der Waals surface area contributed by atoms with Crippen molar-refractivity contribution in [2.45, 2.75) is 6.04 Å². The Kier molecular flexibility index (Phi) is 4.30. The molecule has 5 heteroatoms. The number of aromatic nitrogens is 1. The number of nitrogens with one attached hydrogen (secondary N) is 1. The van der Waals surface area contributed by atoms with Gasteiger partial charge in [-0.1, -0.05) is 18.2 Å². The van der Waals surface area contributed by atoms with Crippen LogP contribution in [0.5, 0.6) is 5.75 Å². The van der Waals surface area contributed by atoms with Crippen LogP contribution in [-0.2, 0) is 0 Å². The zero-order valence-corrected chi connectivity index (χ0v) is 10.9. The Labute approximate surface area is 116 Å². The lowest BCUT2D eigenvalue weighted by Gasteiger charge is -2.15. The maximum absolute atomic E-state index is 12.0. The largest absolute Gasteiger partial charge is 0.496 e. The minimum absolute atomic E-state index is 0.351. The van der Waals surface area contributed by atoms with Gasteiger partial charge in [0.1, 0.15) is 11.8 Å². The van der Waals surface area contributed by atoms with Crippen LogP contribution in [0.3, 0.4) is 0 Å². The Hall–Kier alpha value is -2.87. The van der Waals surface area contributed by atoms with Crippen molar-refractivity contribution in [3.8, 4) is 11.8 Å². The van der Waals surface area contributed by atoms with Crippen molar-refractivity contribution < 1.29 is 9.53 Å². The van der Waals surface area contributed by atoms with Crippen LogP contribution in [0.2, 0.25) is 0 Å². The number of rotatable bonds is 4. The van der Waals surface area contributed by atoms with Gasteiger partial charge in [-0.25, -0.2) is 0 Å². The fraction of sp³-hybridized carbons (Fsp3) is 0.133. The van der Waals surface area contributed by atoms with Gasteiger partial charge < -0.3 is 10.1 Å². The van der Waals surface area contributed by atoms with E-state index in [9.17, 15) is 10.1 Å². The van der Waals surface area contributed by atoms with E-state index < -0.39 is 6.04 Å². The van der Waals surface area contributed by atoms with Crippen LogP contribution in [0.25, 0.3) is 0 Å². The second kappa shape index (κ2) is 6.34. The van der Waals surface area contributed by atoms with Crippen LogP contribution in [0.4, 0.5) is 0 Å². The topological polar surface area (TPSA) is 75.0 Å². The monoisotopic (exact) mass is 267 g/mol. The normalized spacial score (nSPS) is 11.2. The predicted octanol–water partition coefficient (Wildman–Crippen LogP) is 2.08. The highest BCUT2D eigenvalue weighted by Gasteiger charge is 2.18. The number of amides is 1. The number of ether oxygens (including phenoxy) is 1. The van der Waals surface area contributed by atoms with Gasteiger partial charge in [-0.05, 0) is 18.2 Å². The second-order valence-electron chi connectivity index (χ2n) is 4.02. The first-order chi connectivity index (χ1) is 9.76. The zero-order chi connectivity index (χ0) is 14.4. The van der Waals surface area contributed by atoms with Crippen LogP contribution < -0.4 is 10.1 Å². The quantitative estimate of drug-likeness (QED) is 0.920. The molecule has 1 aromatic carbocycles. The lowest BCUT2D eigenvalue weighted by molar-refractivity contribution is 0.0944. The SMILES string of the molecule is COc1ccccc1C(C#N)NC(=O)c1cccnc1. The number of pyridine rings is 1.